The first kappa shape index (κ1) is 20.8. The van der Waals surface area contributed by atoms with Crippen molar-refractivity contribution in [1.82, 2.24) is 0 Å². The summed E-state index contributed by atoms with van der Waals surface area (Å²) in [6.07, 6.45) is -1.10. The van der Waals surface area contributed by atoms with Crippen molar-refractivity contribution in [3.8, 4) is 17.6 Å². The molecular formula is C21H20ClFO4. The van der Waals surface area contributed by atoms with Crippen LogP contribution in [0.3, 0.4) is 0 Å². The Kier molecular flexibility index (Phi) is 6.48. The summed E-state index contributed by atoms with van der Waals surface area (Å²) in [5.41, 5.74) is 0.286. The lowest BCUT2D eigenvalue weighted by Gasteiger charge is -2.28. The average molecular weight is 391 g/mol. The maximum atomic E-state index is 14.0. The van der Waals surface area contributed by atoms with Gasteiger partial charge in [0, 0.05) is 10.4 Å². The smallest absolute Gasteiger partial charge is 0.345 e. The van der Waals surface area contributed by atoms with E-state index in [0.717, 1.165) is 0 Å². The molecule has 0 bridgehead atoms. The third kappa shape index (κ3) is 5.46. The largest absolute Gasteiger partial charge is 0.478 e. The minimum absolute atomic E-state index is 0.142. The van der Waals surface area contributed by atoms with Gasteiger partial charge in [-0.25, -0.2) is 9.18 Å². The Morgan fingerprint density at radius 1 is 1.19 bits per heavy atom. The van der Waals surface area contributed by atoms with E-state index in [-0.39, 0.29) is 17.9 Å². The van der Waals surface area contributed by atoms with E-state index in [4.69, 9.17) is 21.4 Å². The summed E-state index contributed by atoms with van der Waals surface area (Å²) < 4.78 is 19.7. The lowest BCUT2D eigenvalue weighted by atomic mass is 9.89. The Balaban J connectivity index is 2.42. The second-order valence-electron chi connectivity index (χ2n) is 7.06. The lowest BCUT2D eigenvalue weighted by molar-refractivity contribution is -0.150. The van der Waals surface area contributed by atoms with Crippen LogP contribution in [0, 0.1) is 23.1 Å². The SMILES string of the molecule is CC(C)(C)C(Oc1ccc(Cl)cc1C#Cc1ccc(CO)cc1F)C(=O)O. The lowest BCUT2D eigenvalue weighted by Crippen LogP contribution is -2.39. The van der Waals surface area contributed by atoms with Crippen LogP contribution >= 0.6 is 11.6 Å². The number of benzene rings is 2. The fraction of sp³-hybridized carbons (Fsp3) is 0.286. The van der Waals surface area contributed by atoms with Gasteiger partial charge in [-0.05, 0) is 35.9 Å². The summed E-state index contributed by atoms with van der Waals surface area (Å²) in [5, 5.41) is 18.9. The van der Waals surface area contributed by atoms with E-state index in [2.05, 4.69) is 11.8 Å². The minimum Gasteiger partial charge on any atom is -0.478 e. The van der Waals surface area contributed by atoms with Gasteiger partial charge >= 0.3 is 5.97 Å². The van der Waals surface area contributed by atoms with Crippen molar-refractivity contribution < 1.29 is 24.1 Å². The summed E-state index contributed by atoms with van der Waals surface area (Å²) in [6.45, 7) is 5.00. The molecule has 27 heavy (non-hydrogen) atoms. The van der Waals surface area contributed by atoms with Crippen LogP contribution in [0.5, 0.6) is 5.75 Å². The van der Waals surface area contributed by atoms with Gasteiger partial charge in [-0.2, -0.15) is 0 Å². The third-order valence-corrected chi connectivity index (χ3v) is 3.98. The maximum Gasteiger partial charge on any atom is 0.345 e. The number of hydrogen-bond donors (Lipinski definition) is 2. The van der Waals surface area contributed by atoms with Crippen LogP contribution in [0.25, 0.3) is 0 Å². The van der Waals surface area contributed by atoms with E-state index >= 15 is 0 Å². The summed E-state index contributed by atoms with van der Waals surface area (Å²) in [4.78, 5) is 11.6. The molecule has 0 aliphatic carbocycles. The molecule has 142 valence electrons. The fourth-order valence-electron chi connectivity index (χ4n) is 2.32. The third-order valence-electron chi connectivity index (χ3n) is 3.75. The van der Waals surface area contributed by atoms with Crippen molar-refractivity contribution in [1.29, 1.82) is 0 Å². The number of carbonyl (C=O) groups is 1. The molecule has 2 aromatic rings. The number of carboxylic acids is 1. The van der Waals surface area contributed by atoms with Crippen molar-refractivity contribution in [2.24, 2.45) is 5.41 Å². The molecule has 0 heterocycles. The van der Waals surface area contributed by atoms with E-state index in [1.807, 2.05) is 0 Å². The van der Waals surface area contributed by atoms with Crippen molar-refractivity contribution in [3.05, 3.63) is 63.9 Å². The average Bonchev–Trinajstić information content (AvgIpc) is 2.58. The monoisotopic (exact) mass is 390 g/mol. The van der Waals surface area contributed by atoms with Crippen molar-refractivity contribution in [2.45, 2.75) is 33.5 Å². The van der Waals surface area contributed by atoms with E-state index < -0.39 is 23.3 Å². The molecule has 2 N–H and O–H groups in total. The highest BCUT2D eigenvalue weighted by Gasteiger charge is 2.33. The minimum atomic E-state index is -1.10. The zero-order valence-corrected chi connectivity index (χ0v) is 16.0. The van der Waals surface area contributed by atoms with Crippen LogP contribution < -0.4 is 4.74 Å². The summed E-state index contributed by atoms with van der Waals surface area (Å²) in [7, 11) is 0. The zero-order valence-electron chi connectivity index (χ0n) is 15.2. The molecule has 4 nitrogen and oxygen atoms in total. The highest BCUT2D eigenvalue weighted by atomic mass is 35.5. The van der Waals surface area contributed by atoms with Crippen molar-refractivity contribution >= 4 is 17.6 Å². The highest BCUT2D eigenvalue weighted by Crippen LogP contribution is 2.29. The van der Waals surface area contributed by atoms with Crippen LogP contribution in [0.1, 0.15) is 37.5 Å². The number of hydrogen-bond acceptors (Lipinski definition) is 3. The molecule has 1 unspecified atom stereocenters. The Morgan fingerprint density at radius 2 is 1.85 bits per heavy atom. The number of ether oxygens (including phenoxy) is 1. The second kappa shape index (κ2) is 8.43. The molecule has 2 aromatic carbocycles. The fourth-order valence-corrected chi connectivity index (χ4v) is 2.49. The van der Waals surface area contributed by atoms with Gasteiger partial charge in [-0.1, -0.05) is 50.3 Å². The molecule has 0 spiro atoms. The molecule has 0 radical (unpaired) electrons. The molecule has 1 atom stereocenters. The van der Waals surface area contributed by atoms with Crippen LogP contribution in [0.15, 0.2) is 36.4 Å². The quantitative estimate of drug-likeness (QED) is 0.766. The van der Waals surface area contributed by atoms with Crippen LogP contribution in [0.2, 0.25) is 5.02 Å². The molecule has 2 rings (SSSR count). The molecule has 0 aliphatic heterocycles. The topological polar surface area (TPSA) is 66.8 Å². The Hall–Kier alpha value is -2.55. The summed E-state index contributed by atoms with van der Waals surface area (Å²) in [5.74, 6) is 4.08. The number of aliphatic carboxylic acids is 1. The number of carboxylic acid groups (broad SMARTS) is 1. The molecular weight excluding hydrogens is 371 g/mol. The molecule has 0 saturated heterocycles. The number of halogens is 2. The van der Waals surface area contributed by atoms with Gasteiger partial charge in [0.05, 0.1) is 17.7 Å². The molecule has 0 saturated carbocycles. The standard InChI is InChI=1S/C21H20ClFO4/c1-21(2,3)19(20(25)26)27-18-9-8-16(22)11-15(18)7-6-14-5-4-13(12-24)10-17(14)23/h4-5,8-11,19,24H,12H2,1-3H3,(H,25,26). The van der Waals surface area contributed by atoms with E-state index in [9.17, 15) is 14.3 Å². The van der Waals surface area contributed by atoms with Gasteiger partial charge in [0.25, 0.3) is 0 Å². The van der Waals surface area contributed by atoms with Gasteiger partial charge in [-0.15, -0.1) is 0 Å². The highest BCUT2D eigenvalue weighted by molar-refractivity contribution is 6.30. The van der Waals surface area contributed by atoms with Gasteiger partial charge in [0.2, 0.25) is 0 Å². The second-order valence-corrected chi connectivity index (χ2v) is 7.50. The van der Waals surface area contributed by atoms with E-state index in [1.165, 1.54) is 18.2 Å². The Labute approximate surface area is 162 Å². The molecule has 0 fully saturated rings. The predicted octanol–water partition coefficient (Wildman–Crippen LogP) is 4.25. The van der Waals surface area contributed by atoms with Crippen LogP contribution in [0.4, 0.5) is 4.39 Å². The zero-order chi connectivity index (χ0) is 20.2. The number of aliphatic hydroxyl groups excluding tert-OH is 1. The first-order valence-electron chi connectivity index (χ1n) is 8.22. The summed E-state index contributed by atoms with van der Waals surface area (Å²) >= 11 is 6.02. The number of rotatable bonds is 4. The molecule has 0 aromatic heterocycles. The first-order chi connectivity index (χ1) is 12.6. The first-order valence-corrected chi connectivity index (χ1v) is 8.60. The van der Waals surface area contributed by atoms with Crippen molar-refractivity contribution in [3.63, 3.8) is 0 Å². The molecule has 0 amide bonds. The van der Waals surface area contributed by atoms with E-state index in [1.54, 1.807) is 39.0 Å². The normalized spacial score (nSPS) is 12.1. The van der Waals surface area contributed by atoms with Gasteiger partial charge in [-0.3, -0.25) is 0 Å². The van der Waals surface area contributed by atoms with E-state index in [0.29, 0.717) is 16.1 Å². The molecule has 0 aliphatic rings. The Morgan fingerprint density at radius 3 is 2.41 bits per heavy atom. The van der Waals surface area contributed by atoms with Gasteiger partial charge < -0.3 is 14.9 Å². The van der Waals surface area contributed by atoms with Gasteiger partial charge in [0.15, 0.2) is 6.10 Å². The van der Waals surface area contributed by atoms with Crippen molar-refractivity contribution in [2.75, 3.05) is 0 Å². The predicted molar refractivity (Wildman–Crippen MR) is 101 cm³/mol. The molecule has 6 heteroatoms. The van der Waals surface area contributed by atoms with Gasteiger partial charge in [0.1, 0.15) is 11.6 Å². The Bertz CT molecular complexity index is 907. The van der Waals surface area contributed by atoms with Crippen LogP contribution in [-0.4, -0.2) is 22.3 Å². The maximum absolute atomic E-state index is 14.0. The number of aliphatic hydroxyl groups is 1. The summed E-state index contributed by atoms with van der Waals surface area (Å²) in [6, 6.07) is 8.89. The van der Waals surface area contributed by atoms with Crippen LogP contribution in [-0.2, 0) is 11.4 Å².